The van der Waals surface area contributed by atoms with Crippen LogP contribution in [0.5, 0.6) is 5.75 Å². The van der Waals surface area contributed by atoms with Gasteiger partial charge >= 0.3 is 5.97 Å². The summed E-state index contributed by atoms with van der Waals surface area (Å²) < 4.78 is 5.13. The van der Waals surface area contributed by atoms with E-state index in [1.165, 1.54) is 11.3 Å². The van der Waals surface area contributed by atoms with E-state index in [0.717, 1.165) is 0 Å². The Morgan fingerprint density at radius 3 is 2.53 bits per heavy atom. The standard InChI is InChI=1S/C11H7ClO2S/c12-9-6-7-15-10(9)11(13)14-8-4-2-1-3-5-8/h1-7H. The second-order valence-corrected chi connectivity index (χ2v) is 4.12. The highest BCUT2D eigenvalue weighted by molar-refractivity contribution is 7.12. The molecule has 1 aromatic heterocycles. The van der Waals surface area contributed by atoms with E-state index in [1.807, 2.05) is 6.07 Å². The first-order valence-electron chi connectivity index (χ1n) is 4.27. The van der Waals surface area contributed by atoms with E-state index in [1.54, 1.807) is 35.7 Å². The Bertz CT molecular complexity index is 464. The SMILES string of the molecule is O=C(Oc1ccccc1)c1sccc1Cl. The molecule has 1 heterocycles. The number of ether oxygens (including phenoxy) is 1. The number of carbonyl (C=O) groups is 1. The molecule has 0 aliphatic heterocycles. The second-order valence-electron chi connectivity index (χ2n) is 2.80. The summed E-state index contributed by atoms with van der Waals surface area (Å²) in [6.45, 7) is 0. The average molecular weight is 239 g/mol. The molecule has 0 aliphatic carbocycles. The first-order valence-corrected chi connectivity index (χ1v) is 5.53. The van der Waals surface area contributed by atoms with Crippen LogP contribution in [0.15, 0.2) is 41.8 Å². The van der Waals surface area contributed by atoms with Crippen molar-refractivity contribution in [2.75, 3.05) is 0 Å². The van der Waals surface area contributed by atoms with Crippen molar-refractivity contribution in [3.05, 3.63) is 51.7 Å². The maximum Gasteiger partial charge on any atom is 0.355 e. The van der Waals surface area contributed by atoms with Gasteiger partial charge in [0.1, 0.15) is 10.6 Å². The van der Waals surface area contributed by atoms with Gasteiger partial charge in [0.15, 0.2) is 0 Å². The lowest BCUT2D eigenvalue weighted by atomic mass is 10.3. The highest BCUT2D eigenvalue weighted by atomic mass is 35.5. The largest absolute Gasteiger partial charge is 0.422 e. The molecule has 0 amide bonds. The van der Waals surface area contributed by atoms with Gasteiger partial charge in [0.25, 0.3) is 0 Å². The van der Waals surface area contributed by atoms with Crippen molar-refractivity contribution < 1.29 is 9.53 Å². The van der Waals surface area contributed by atoms with Crippen molar-refractivity contribution in [2.24, 2.45) is 0 Å². The molecule has 4 heteroatoms. The van der Waals surface area contributed by atoms with Gasteiger partial charge in [0, 0.05) is 0 Å². The highest BCUT2D eigenvalue weighted by Crippen LogP contribution is 2.23. The van der Waals surface area contributed by atoms with Crippen LogP contribution in [0.4, 0.5) is 0 Å². The van der Waals surface area contributed by atoms with Crippen molar-refractivity contribution in [3.63, 3.8) is 0 Å². The topological polar surface area (TPSA) is 26.3 Å². The number of para-hydroxylation sites is 1. The molecule has 76 valence electrons. The molecule has 0 N–H and O–H groups in total. The van der Waals surface area contributed by atoms with Crippen molar-refractivity contribution in [2.45, 2.75) is 0 Å². The molecule has 0 saturated heterocycles. The van der Waals surface area contributed by atoms with Crippen molar-refractivity contribution in [3.8, 4) is 5.75 Å². The third kappa shape index (κ3) is 2.37. The first kappa shape index (κ1) is 10.2. The maximum absolute atomic E-state index is 11.6. The summed E-state index contributed by atoms with van der Waals surface area (Å²) in [5, 5.41) is 2.19. The van der Waals surface area contributed by atoms with Crippen LogP contribution in [0.3, 0.4) is 0 Å². The van der Waals surface area contributed by atoms with E-state index in [2.05, 4.69) is 0 Å². The van der Waals surface area contributed by atoms with E-state index in [-0.39, 0.29) is 0 Å². The van der Waals surface area contributed by atoms with Gasteiger partial charge in [-0.15, -0.1) is 11.3 Å². The average Bonchev–Trinajstić information content (AvgIpc) is 2.66. The van der Waals surface area contributed by atoms with Crippen LogP contribution in [-0.4, -0.2) is 5.97 Å². The lowest BCUT2D eigenvalue weighted by Crippen LogP contribution is -2.06. The predicted molar refractivity (Wildman–Crippen MR) is 60.7 cm³/mol. The minimum absolute atomic E-state index is 0.416. The van der Waals surface area contributed by atoms with E-state index >= 15 is 0 Å². The third-order valence-corrected chi connectivity index (χ3v) is 3.08. The van der Waals surface area contributed by atoms with Gasteiger partial charge in [0.05, 0.1) is 5.02 Å². The molecule has 2 rings (SSSR count). The summed E-state index contributed by atoms with van der Waals surface area (Å²) in [4.78, 5) is 12.0. The third-order valence-electron chi connectivity index (χ3n) is 1.76. The summed E-state index contributed by atoms with van der Waals surface area (Å²) in [6, 6.07) is 10.6. The van der Waals surface area contributed by atoms with Crippen molar-refractivity contribution in [1.29, 1.82) is 0 Å². The van der Waals surface area contributed by atoms with E-state index < -0.39 is 5.97 Å². The smallest absolute Gasteiger partial charge is 0.355 e. The molecule has 0 bridgehead atoms. The van der Waals surface area contributed by atoms with Crippen LogP contribution < -0.4 is 4.74 Å². The lowest BCUT2D eigenvalue weighted by molar-refractivity contribution is 0.0740. The van der Waals surface area contributed by atoms with Crippen LogP contribution in [0.1, 0.15) is 9.67 Å². The van der Waals surface area contributed by atoms with Gasteiger partial charge in [0.2, 0.25) is 0 Å². The molecular weight excluding hydrogens is 232 g/mol. The zero-order chi connectivity index (χ0) is 10.7. The fourth-order valence-electron chi connectivity index (χ4n) is 1.08. The molecule has 0 fully saturated rings. The zero-order valence-electron chi connectivity index (χ0n) is 7.64. The molecule has 2 nitrogen and oxygen atoms in total. The molecule has 1 aromatic carbocycles. The minimum atomic E-state index is -0.416. The molecule has 0 atom stereocenters. The van der Waals surface area contributed by atoms with Gasteiger partial charge in [-0.1, -0.05) is 29.8 Å². The van der Waals surface area contributed by atoms with Crippen LogP contribution >= 0.6 is 22.9 Å². The van der Waals surface area contributed by atoms with Crippen LogP contribution in [0.25, 0.3) is 0 Å². The van der Waals surface area contributed by atoms with Crippen LogP contribution in [0.2, 0.25) is 5.02 Å². The van der Waals surface area contributed by atoms with Gasteiger partial charge in [-0.2, -0.15) is 0 Å². The molecule has 0 aliphatic rings. The molecule has 0 radical (unpaired) electrons. The summed E-state index contributed by atoms with van der Waals surface area (Å²) in [6.07, 6.45) is 0. The van der Waals surface area contributed by atoms with Crippen LogP contribution in [-0.2, 0) is 0 Å². The van der Waals surface area contributed by atoms with Crippen molar-refractivity contribution >= 4 is 28.9 Å². The van der Waals surface area contributed by atoms with Gasteiger partial charge < -0.3 is 4.74 Å². The Kier molecular flexibility index (Phi) is 3.04. The fraction of sp³-hybridized carbons (Fsp3) is 0. The normalized spacial score (nSPS) is 9.93. The highest BCUT2D eigenvalue weighted by Gasteiger charge is 2.13. The number of esters is 1. The maximum atomic E-state index is 11.6. The quantitative estimate of drug-likeness (QED) is 0.590. The number of halogens is 1. The predicted octanol–water partition coefficient (Wildman–Crippen LogP) is 3.62. The van der Waals surface area contributed by atoms with Gasteiger partial charge in [-0.25, -0.2) is 4.79 Å². The number of thiophene rings is 1. The van der Waals surface area contributed by atoms with Gasteiger partial charge in [-0.3, -0.25) is 0 Å². The molecular formula is C11H7ClO2S. The number of hydrogen-bond donors (Lipinski definition) is 0. The first-order chi connectivity index (χ1) is 7.27. The number of benzene rings is 1. The van der Waals surface area contributed by atoms with Crippen molar-refractivity contribution in [1.82, 2.24) is 0 Å². The summed E-state index contributed by atoms with van der Waals surface area (Å²) in [5.74, 6) is 0.105. The number of rotatable bonds is 2. The Morgan fingerprint density at radius 2 is 1.93 bits per heavy atom. The fourth-order valence-corrected chi connectivity index (χ4v) is 2.09. The van der Waals surface area contributed by atoms with E-state index in [0.29, 0.717) is 15.6 Å². The molecule has 0 unspecified atom stereocenters. The molecule has 0 spiro atoms. The van der Waals surface area contributed by atoms with E-state index in [4.69, 9.17) is 16.3 Å². The second kappa shape index (κ2) is 4.47. The molecule has 0 saturated carbocycles. The monoisotopic (exact) mass is 238 g/mol. The summed E-state index contributed by atoms with van der Waals surface area (Å²) in [5.41, 5.74) is 0. The minimum Gasteiger partial charge on any atom is -0.422 e. The Morgan fingerprint density at radius 1 is 1.20 bits per heavy atom. The zero-order valence-corrected chi connectivity index (χ0v) is 9.22. The van der Waals surface area contributed by atoms with Gasteiger partial charge in [-0.05, 0) is 23.6 Å². The lowest BCUT2D eigenvalue weighted by Gasteiger charge is -2.01. The van der Waals surface area contributed by atoms with Crippen LogP contribution in [0, 0.1) is 0 Å². The summed E-state index contributed by atoms with van der Waals surface area (Å²) >= 11 is 7.08. The number of carbonyl (C=O) groups excluding carboxylic acids is 1. The Balaban J connectivity index is 2.15. The Labute approximate surface area is 96.1 Å². The molecule has 2 aromatic rings. The van der Waals surface area contributed by atoms with E-state index in [9.17, 15) is 4.79 Å². The Hall–Kier alpha value is -1.32. The number of hydrogen-bond acceptors (Lipinski definition) is 3. The molecule has 15 heavy (non-hydrogen) atoms. The summed E-state index contributed by atoms with van der Waals surface area (Å²) in [7, 11) is 0.